The van der Waals surface area contributed by atoms with Crippen molar-refractivity contribution >= 4 is 17.5 Å². The van der Waals surface area contributed by atoms with E-state index in [1.54, 1.807) is 24.3 Å². The number of hydrogen-bond acceptors (Lipinski definition) is 7. The van der Waals surface area contributed by atoms with E-state index in [9.17, 15) is 15.0 Å². The van der Waals surface area contributed by atoms with Gasteiger partial charge in [0.25, 0.3) is 5.91 Å². The lowest BCUT2D eigenvalue weighted by atomic mass is 9.95. The number of H-pyrrole nitrogens is 1. The van der Waals surface area contributed by atoms with Gasteiger partial charge in [-0.25, -0.2) is 0 Å². The summed E-state index contributed by atoms with van der Waals surface area (Å²) in [6.45, 7) is -0.147. The molecule has 1 unspecified atom stereocenters. The molecule has 0 aliphatic carbocycles. The Hall–Kier alpha value is -3.43. The average Bonchev–Trinajstić information content (AvgIpc) is 3.34. The van der Waals surface area contributed by atoms with Gasteiger partial charge in [-0.05, 0) is 35.9 Å². The van der Waals surface area contributed by atoms with Crippen molar-refractivity contribution in [3.63, 3.8) is 0 Å². The number of methoxy groups -OCH3 is 3. The number of aliphatic hydroxyl groups excluding tert-OH is 1. The van der Waals surface area contributed by atoms with Crippen LogP contribution in [0.25, 0.3) is 11.3 Å². The molecule has 1 atom stereocenters. The van der Waals surface area contributed by atoms with Crippen LogP contribution >= 0.6 is 11.6 Å². The quantitative estimate of drug-likeness (QED) is 0.497. The summed E-state index contributed by atoms with van der Waals surface area (Å²) in [5.41, 5.74) is 2.24. The fourth-order valence-electron chi connectivity index (χ4n) is 4.04. The van der Waals surface area contributed by atoms with Gasteiger partial charge in [-0.2, -0.15) is 5.10 Å². The normalized spacial score (nSPS) is 15.1. The van der Waals surface area contributed by atoms with Crippen LogP contribution < -0.4 is 14.2 Å². The number of benzene rings is 2. The summed E-state index contributed by atoms with van der Waals surface area (Å²) in [5.74, 6) is 0.898. The van der Waals surface area contributed by atoms with Gasteiger partial charge in [0.1, 0.15) is 17.1 Å². The standard InChI is InChI=1S/C22H22ClN3O6/c1-30-15-8-11(9-16(31-2)21(15)32-3)20-17-18(13-10-12(23)4-5-14(13)28)24-25-19(17)22(29)26(20)6-7-27/h4-5,8-10,20,27-28H,6-7H2,1-3H3,(H,24,25). The monoisotopic (exact) mass is 459 g/mol. The van der Waals surface area contributed by atoms with E-state index in [1.165, 1.54) is 32.3 Å². The lowest BCUT2D eigenvalue weighted by molar-refractivity contribution is 0.0706. The highest BCUT2D eigenvalue weighted by molar-refractivity contribution is 6.31. The van der Waals surface area contributed by atoms with Crippen LogP contribution in [0.5, 0.6) is 23.0 Å². The summed E-state index contributed by atoms with van der Waals surface area (Å²) < 4.78 is 16.4. The Morgan fingerprint density at radius 1 is 1.12 bits per heavy atom. The number of fused-ring (bicyclic) bond motifs is 1. The highest BCUT2D eigenvalue weighted by Crippen LogP contribution is 2.48. The van der Waals surface area contributed by atoms with Gasteiger partial charge in [0.15, 0.2) is 11.5 Å². The maximum absolute atomic E-state index is 13.2. The van der Waals surface area contributed by atoms with Crippen LogP contribution in [0.3, 0.4) is 0 Å². The Kier molecular flexibility index (Phi) is 5.86. The Morgan fingerprint density at radius 3 is 2.41 bits per heavy atom. The minimum atomic E-state index is -0.634. The smallest absolute Gasteiger partial charge is 0.273 e. The number of carbonyl (C=O) groups is 1. The predicted molar refractivity (Wildman–Crippen MR) is 117 cm³/mol. The molecule has 1 aromatic heterocycles. The maximum Gasteiger partial charge on any atom is 0.273 e. The van der Waals surface area contributed by atoms with E-state index in [1.807, 2.05) is 0 Å². The van der Waals surface area contributed by atoms with Gasteiger partial charge in [0, 0.05) is 22.7 Å². The predicted octanol–water partition coefficient (Wildman–Crippen LogP) is 3.00. The number of carbonyl (C=O) groups excluding carboxylic acids is 1. The molecule has 0 fully saturated rings. The number of aromatic amines is 1. The maximum atomic E-state index is 13.2. The number of ether oxygens (including phenoxy) is 3. The largest absolute Gasteiger partial charge is 0.507 e. The molecule has 32 heavy (non-hydrogen) atoms. The van der Waals surface area contributed by atoms with Gasteiger partial charge in [-0.15, -0.1) is 0 Å². The zero-order valence-electron chi connectivity index (χ0n) is 17.7. The molecule has 9 nitrogen and oxygen atoms in total. The van der Waals surface area contributed by atoms with Crippen molar-refractivity contribution < 1.29 is 29.2 Å². The second-order valence-electron chi connectivity index (χ2n) is 7.11. The van der Waals surface area contributed by atoms with Crippen LogP contribution in [0.4, 0.5) is 0 Å². The van der Waals surface area contributed by atoms with E-state index < -0.39 is 6.04 Å². The molecular formula is C22H22ClN3O6. The number of β-amino-alcohol motifs (C(OH)–C–C–N with tert-alkyl or cyclic N) is 1. The lowest BCUT2D eigenvalue weighted by Gasteiger charge is -2.27. The minimum Gasteiger partial charge on any atom is -0.507 e. The third-order valence-corrected chi connectivity index (χ3v) is 5.66. The van der Waals surface area contributed by atoms with Crippen LogP contribution in [0, 0.1) is 0 Å². The van der Waals surface area contributed by atoms with Crippen LogP contribution in [0.2, 0.25) is 5.02 Å². The topological polar surface area (TPSA) is 117 Å². The van der Waals surface area contributed by atoms with Gasteiger partial charge < -0.3 is 29.3 Å². The molecule has 4 rings (SSSR count). The average molecular weight is 460 g/mol. The van der Waals surface area contributed by atoms with E-state index >= 15 is 0 Å². The number of nitrogens with zero attached hydrogens (tertiary/aromatic N) is 2. The Labute approximate surface area is 189 Å². The molecule has 1 aliphatic heterocycles. The first-order chi connectivity index (χ1) is 15.4. The molecule has 168 valence electrons. The molecule has 1 aliphatic rings. The van der Waals surface area contributed by atoms with Crippen LogP contribution in [-0.2, 0) is 0 Å². The molecule has 0 saturated heterocycles. The number of halogens is 1. The Balaban J connectivity index is 1.96. The summed E-state index contributed by atoms with van der Waals surface area (Å²) in [6, 6.07) is 7.47. The molecule has 2 heterocycles. The minimum absolute atomic E-state index is 0.0274. The zero-order chi connectivity index (χ0) is 23.0. The number of amides is 1. The molecular weight excluding hydrogens is 438 g/mol. The number of aliphatic hydroxyl groups is 1. The summed E-state index contributed by atoms with van der Waals surface area (Å²) >= 11 is 6.15. The third kappa shape index (κ3) is 3.39. The van der Waals surface area contributed by atoms with Gasteiger partial charge in [-0.3, -0.25) is 9.89 Å². The van der Waals surface area contributed by atoms with E-state index in [4.69, 9.17) is 25.8 Å². The lowest BCUT2D eigenvalue weighted by Crippen LogP contribution is -2.32. The summed E-state index contributed by atoms with van der Waals surface area (Å²) in [6.07, 6.45) is 0. The summed E-state index contributed by atoms with van der Waals surface area (Å²) in [7, 11) is 4.52. The van der Waals surface area contributed by atoms with Crippen molar-refractivity contribution in [1.82, 2.24) is 15.1 Å². The number of rotatable bonds is 7. The molecule has 0 saturated carbocycles. The molecule has 10 heteroatoms. The van der Waals surface area contributed by atoms with Crippen molar-refractivity contribution in [3.8, 4) is 34.3 Å². The highest BCUT2D eigenvalue weighted by Gasteiger charge is 2.43. The first-order valence-corrected chi connectivity index (χ1v) is 10.1. The molecule has 3 N–H and O–H groups in total. The fraction of sp³-hybridized carbons (Fsp3) is 0.273. The third-order valence-electron chi connectivity index (χ3n) is 5.42. The van der Waals surface area contributed by atoms with E-state index in [2.05, 4.69) is 10.2 Å². The van der Waals surface area contributed by atoms with Gasteiger partial charge >= 0.3 is 0 Å². The van der Waals surface area contributed by atoms with Crippen molar-refractivity contribution in [1.29, 1.82) is 0 Å². The fourth-order valence-corrected chi connectivity index (χ4v) is 4.22. The van der Waals surface area contributed by atoms with Gasteiger partial charge in [-0.1, -0.05) is 11.6 Å². The highest BCUT2D eigenvalue weighted by atomic mass is 35.5. The van der Waals surface area contributed by atoms with Gasteiger partial charge in [0.2, 0.25) is 5.75 Å². The van der Waals surface area contributed by atoms with E-state index in [0.717, 1.165) is 0 Å². The molecule has 1 amide bonds. The Morgan fingerprint density at radius 2 is 1.81 bits per heavy atom. The van der Waals surface area contributed by atoms with Crippen molar-refractivity contribution in [2.24, 2.45) is 0 Å². The second kappa shape index (κ2) is 8.60. The number of aromatic hydroxyl groups is 1. The first kappa shape index (κ1) is 21.8. The molecule has 0 spiro atoms. The number of hydrogen-bond donors (Lipinski definition) is 3. The molecule has 0 bridgehead atoms. The molecule has 3 aromatic rings. The van der Waals surface area contributed by atoms with E-state index in [-0.39, 0.29) is 30.5 Å². The number of aromatic nitrogens is 2. The number of phenolic OH excluding ortho intramolecular Hbond substituents is 1. The van der Waals surface area contributed by atoms with Crippen molar-refractivity contribution in [2.75, 3.05) is 34.5 Å². The van der Waals surface area contributed by atoms with Crippen LogP contribution in [0.1, 0.15) is 27.7 Å². The molecule has 0 radical (unpaired) electrons. The van der Waals surface area contributed by atoms with Crippen molar-refractivity contribution in [2.45, 2.75) is 6.04 Å². The Bertz CT molecular complexity index is 1150. The van der Waals surface area contributed by atoms with Gasteiger partial charge in [0.05, 0.1) is 34.0 Å². The van der Waals surface area contributed by atoms with Crippen molar-refractivity contribution in [3.05, 3.63) is 52.2 Å². The number of phenols is 1. The second-order valence-corrected chi connectivity index (χ2v) is 7.54. The molecule has 2 aromatic carbocycles. The van der Waals surface area contributed by atoms with Crippen LogP contribution in [-0.4, -0.2) is 65.7 Å². The van der Waals surface area contributed by atoms with E-state index in [0.29, 0.717) is 44.7 Å². The SMILES string of the molecule is COc1cc(C2c3c(-c4cc(Cl)ccc4O)n[nH]c3C(=O)N2CCO)cc(OC)c1OC. The number of nitrogens with one attached hydrogen (secondary N) is 1. The zero-order valence-corrected chi connectivity index (χ0v) is 18.4. The van der Waals surface area contributed by atoms with Crippen LogP contribution in [0.15, 0.2) is 30.3 Å². The first-order valence-electron chi connectivity index (χ1n) is 9.74. The summed E-state index contributed by atoms with van der Waals surface area (Å²) in [4.78, 5) is 14.7. The summed E-state index contributed by atoms with van der Waals surface area (Å²) in [5, 5.41) is 27.6.